The fraction of sp³-hybridized carbons (Fsp3) is 0.214. The smallest absolute Gasteiger partial charge is 0.234 e. The predicted octanol–water partition coefficient (Wildman–Crippen LogP) is 6.33. The van der Waals surface area contributed by atoms with Crippen molar-refractivity contribution < 1.29 is 9.53 Å². The van der Waals surface area contributed by atoms with E-state index in [-0.39, 0.29) is 11.7 Å². The van der Waals surface area contributed by atoms with Crippen LogP contribution in [0.15, 0.2) is 65.8 Å². The van der Waals surface area contributed by atoms with Gasteiger partial charge in [-0.2, -0.15) is 0 Å². The van der Waals surface area contributed by atoms with Gasteiger partial charge in [0.25, 0.3) is 0 Å². The lowest BCUT2D eigenvalue weighted by Crippen LogP contribution is -2.14. The number of aromatic nitrogens is 4. The predicted molar refractivity (Wildman–Crippen MR) is 150 cm³/mol. The van der Waals surface area contributed by atoms with E-state index in [1.807, 2.05) is 54.1 Å². The molecule has 0 spiro atoms. The molecule has 5 rings (SSSR count). The van der Waals surface area contributed by atoms with Gasteiger partial charge in [-0.05, 0) is 86.0 Å². The molecule has 0 saturated heterocycles. The number of thiazole rings is 1. The zero-order valence-corrected chi connectivity index (χ0v) is 22.7. The highest BCUT2D eigenvalue weighted by Crippen LogP contribution is 2.31. The molecular formula is C28H27N5O2S2. The van der Waals surface area contributed by atoms with Crippen LogP contribution in [0, 0.1) is 20.8 Å². The number of carbonyl (C=O) groups is 1. The Labute approximate surface area is 223 Å². The Balaban J connectivity index is 1.14. The van der Waals surface area contributed by atoms with Gasteiger partial charge < -0.3 is 14.6 Å². The number of carbonyl (C=O) groups excluding carboxylic acids is 1. The summed E-state index contributed by atoms with van der Waals surface area (Å²) in [5.41, 5.74) is 6.40. The van der Waals surface area contributed by atoms with Gasteiger partial charge in [-0.3, -0.25) is 4.79 Å². The molecule has 0 bridgehead atoms. The molecule has 2 aromatic heterocycles. The molecule has 0 aliphatic rings. The number of thioether (sulfide) groups is 1. The van der Waals surface area contributed by atoms with Crippen LogP contribution in [-0.4, -0.2) is 31.4 Å². The third kappa shape index (κ3) is 5.84. The largest absolute Gasteiger partial charge is 0.486 e. The molecule has 0 fully saturated rings. The average molecular weight is 530 g/mol. The number of rotatable bonds is 8. The van der Waals surface area contributed by atoms with Crippen molar-refractivity contribution >= 4 is 44.9 Å². The fourth-order valence-electron chi connectivity index (χ4n) is 3.73. The normalized spacial score (nSPS) is 11.1. The van der Waals surface area contributed by atoms with Crippen LogP contribution in [0.1, 0.15) is 22.5 Å². The summed E-state index contributed by atoms with van der Waals surface area (Å²) in [6.07, 6.45) is 0. The monoisotopic (exact) mass is 529 g/mol. The first-order valence-electron chi connectivity index (χ1n) is 11.8. The molecule has 0 aliphatic carbocycles. The number of amides is 1. The van der Waals surface area contributed by atoms with Crippen LogP contribution >= 0.6 is 23.1 Å². The summed E-state index contributed by atoms with van der Waals surface area (Å²) in [4.78, 5) is 17.3. The second-order valence-corrected chi connectivity index (χ2v) is 10.9. The lowest BCUT2D eigenvalue weighted by Gasteiger charge is -2.08. The maximum atomic E-state index is 12.6. The van der Waals surface area contributed by atoms with Crippen molar-refractivity contribution in [2.45, 2.75) is 32.5 Å². The highest BCUT2D eigenvalue weighted by atomic mass is 32.2. The van der Waals surface area contributed by atoms with Crippen molar-refractivity contribution in [1.82, 2.24) is 19.7 Å². The van der Waals surface area contributed by atoms with Gasteiger partial charge >= 0.3 is 0 Å². The van der Waals surface area contributed by atoms with Crippen LogP contribution in [0.4, 0.5) is 5.69 Å². The number of hydrogen-bond acceptors (Lipinski definition) is 7. The van der Waals surface area contributed by atoms with Crippen LogP contribution in [0.25, 0.3) is 20.8 Å². The SMILES string of the molecule is Cc1ccc2nc(-c3ccc(NC(=O)CSc4nnc(COc5ccc(C)c(C)c5)n4C)cc3)sc2c1. The van der Waals surface area contributed by atoms with Gasteiger partial charge in [0.05, 0.1) is 16.0 Å². The molecular weight excluding hydrogens is 502 g/mol. The highest BCUT2D eigenvalue weighted by molar-refractivity contribution is 7.99. The van der Waals surface area contributed by atoms with Gasteiger partial charge in [0.1, 0.15) is 17.4 Å². The van der Waals surface area contributed by atoms with E-state index in [0.29, 0.717) is 17.6 Å². The second kappa shape index (κ2) is 10.7. The molecule has 1 N–H and O–H groups in total. The number of hydrogen-bond donors (Lipinski definition) is 1. The Morgan fingerprint density at radius 3 is 2.59 bits per heavy atom. The molecule has 0 aliphatic heterocycles. The van der Waals surface area contributed by atoms with Crippen molar-refractivity contribution in [3.05, 3.63) is 83.2 Å². The van der Waals surface area contributed by atoms with Gasteiger partial charge in [-0.1, -0.05) is 23.9 Å². The Hall–Kier alpha value is -3.69. The van der Waals surface area contributed by atoms with Crippen LogP contribution in [0.3, 0.4) is 0 Å². The third-order valence-electron chi connectivity index (χ3n) is 6.06. The summed E-state index contributed by atoms with van der Waals surface area (Å²) in [6, 6.07) is 20.1. The molecule has 0 atom stereocenters. The topological polar surface area (TPSA) is 81.9 Å². The molecule has 0 radical (unpaired) electrons. The lowest BCUT2D eigenvalue weighted by atomic mass is 10.1. The van der Waals surface area contributed by atoms with Crippen molar-refractivity contribution in [3.8, 4) is 16.3 Å². The minimum atomic E-state index is -0.107. The maximum absolute atomic E-state index is 12.6. The summed E-state index contributed by atoms with van der Waals surface area (Å²) in [6.45, 7) is 6.52. The molecule has 37 heavy (non-hydrogen) atoms. The minimum Gasteiger partial charge on any atom is -0.486 e. The lowest BCUT2D eigenvalue weighted by molar-refractivity contribution is -0.113. The van der Waals surface area contributed by atoms with Gasteiger partial charge in [-0.25, -0.2) is 4.98 Å². The standard InChI is InChI=1S/C28H27N5O2S2/c1-17-5-12-23-24(13-17)37-27(30-23)20-7-9-21(10-8-20)29-26(34)16-36-28-32-31-25(33(28)4)15-35-22-11-6-18(2)19(3)14-22/h5-14H,15-16H2,1-4H3,(H,29,34). The number of nitrogens with one attached hydrogen (secondary N) is 1. The van der Waals surface area contributed by atoms with E-state index in [1.54, 1.807) is 11.3 Å². The summed E-state index contributed by atoms with van der Waals surface area (Å²) < 4.78 is 8.90. The molecule has 0 unspecified atom stereocenters. The fourth-order valence-corrected chi connectivity index (χ4v) is 5.53. The molecule has 188 valence electrons. The molecule has 5 aromatic rings. The Bertz CT molecular complexity index is 1570. The quantitative estimate of drug-likeness (QED) is 0.237. The molecule has 0 saturated carbocycles. The van der Waals surface area contributed by atoms with Crippen molar-refractivity contribution in [1.29, 1.82) is 0 Å². The molecule has 9 heteroatoms. The summed E-state index contributed by atoms with van der Waals surface area (Å²) in [7, 11) is 1.88. The third-order valence-corrected chi connectivity index (χ3v) is 8.15. The Morgan fingerprint density at radius 1 is 1.00 bits per heavy atom. The van der Waals surface area contributed by atoms with E-state index in [1.165, 1.54) is 33.2 Å². The number of nitrogens with zero attached hydrogens (tertiary/aromatic N) is 4. The first-order chi connectivity index (χ1) is 17.9. The number of anilines is 1. The number of fused-ring (bicyclic) bond motifs is 1. The molecule has 1 amide bonds. The first-order valence-corrected chi connectivity index (χ1v) is 13.6. The highest BCUT2D eigenvalue weighted by Gasteiger charge is 2.13. The minimum absolute atomic E-state index is 0.107. The van der Waals surface area contributed by atoms with Gasteiger partial charge in [0, 0.05) is 18.3 Å². The maximum Gasteiger partial charge on any atom is 0.234 e. The number of aryl methyl sites for hydroxylation is 3. The van der Waals surface area contributed by atoms with Crippen molar-refractivity contribution in [2.75, 3.05) is 11.1 Å². The van der Waals surface area contributed by atoms with E-state index in [0.717, 1.165) is 27.5 Å². The van der Waals surface area contributed by atoms with Crippen LogP contribution in [0.5, 0.6) is 5.75 Å². The first kappa shape index (κ1) is 25.0. The molecule has 3 aromatic carbocycles. The van der Waals surface area contributed by atoms with E-state index in [9.17, 15) is 4.79 Å². The van der Waals surface area contributed by atoms with Crippen molar-refractivity contribution in [2.24, 2.45) is 7.05 Å². The Morgan fingerprint density at radius 2 is 1.81 bits per heavy atom. The second-order valence-electron chi connectivity index (χ2n) is 8.90. The average Bonchev–Trinajstić information content (AvgIpc) is 3.46. The van der Waals surface area contributed by atoms with E-state index < -0.39 is 0 Å². The zero-order valence-electron chi connectivity index (χ0n) is 21.1. The molecule has 7 nitrogen and oxygen atoms in total. The number of benzene rings is 3. The summed E-state index contributed by atoms with van der Waals surface area (Å²) >= 11 is 3.01. The summed E-state index contributed by atoms with van der Waals surface area (Å²) in [5, 5.41) is 13.0. The van der Waals surface area contributed by atoms with Gasteiger partial charge in [-0.15, -0.1) is 21.5 Å². The van der Waals surface area contributed by atoms with Gasteiger partial charge in [0.15, 0.2) is 11.0 Å². The number of ether oxygens (including phenoxy) is 1. The van der Waals surface area contributed by atoms with E-state index in [4.69, 9.17) is 9.72 Å². The van der Waals surface area contributed by atoms with Crippen LogP contribution in [-0.2, 0) is 18.4 Å². The van der Waals surface area contributed by atoms with Crippen molar-refractivity contribution in [3.63, 3.8) is 0 Å². The van der Waals surface area contributed by atoms with Gasteiger partial charge in [0.2, 0.25) is 5.91 Å². The Kier molecular flexibility index (Phi) is 7.25. The van der Waals surface area contributed by atoms with E-state index >= 15 is 0 Å². The summed E-state index contributed by atoms with van der Waals surface area (Å²) in [5.74, 6) is 1.61. The zero-order chi connectivity index (χ0) is 25.9. The van der Waals surface area contributed by atoms with Crippen LogP contribution in [0.2, 0.25) is 0 Å². The van der Waals surface area contributed by atoms with Crippen LogP contribution < -0.4 is 10.1 Å². The van der Waals surface area contributed by atoms with E-state index in [2.05, 4.69) is 54.5 Å². The molecule has 2 heterocycles.